The molecule has 0 aromatic heterocycles. The van der Waals surface area contributed by atoms with Crippen molar-refractivity contribution in [2.24, 2.45) is 0 Å². The van der Waals surface area contributed by atoms with Gasteiger partial charge in [0.25, 0.3) is 0 Å². The molecule has 2 aromatic rings. The normalized spacial score (nSPS) is 12.5. The van der Waals surface area contributed by atoms with Gasteiger partial charge in [0.2, 0.25) is 15.9 Å². The van der Waals surface area contributed by atoms with Crippen LogP contribution in [0.4, 0.5) is 0 Å². The zero-order valence-corrected chi connectivity index (χ0v) is 18.2. The number of ether oxygens (including phenoxy) is 2. The average Bonchev–Trinajstić information content (AvgIpc) is 2.71. The van der Waals surface area contributed by atoms with Crippen molar-refractivity contribution < 1.29 is 22.7 Å². The summed E-state index contributed by atoms with van der Waals surface area (Å²) in [6.07, 6.45) is 0.673. The Balaban J connectivity index is 2.08. The number of hydrogen-bond acceptors (Lipinski definition) is 5. The van der Waals surface area contributed by atoms with Crippen molar-refractivity contribution in [2.75, 3.05) is 27.8 Å². The largest absolute Gasteiger partial charge is 0.497 e. The Morgan fingerprint density at radius 3 is 2.28 bits per heavy atom. The lowest BCUT2D eigenvalue weighted by Gasteiger charge is -2.21. The first-order valence-corrected chi connectivity index (χ1v) is 10.7. The van der Waals surface area contributed by atoms with Crippen LogP contribution in [0.15, 0.2) is 47.4 Å². The molecule has 0 bridgehead atoms. The van der Waals surface area contributed by atoms with Gasteiger partial charge in [-0.2, -0.15) is 4.31 Å². The fraction of sp³-hybridized carbons (Fsp3) is 0.381. The van der Waals surface area contributed by atoms with Crippen molar-refractivity contribution in [3.8, 4) is 11.5 Å². The topological polar surface area (TPSA) is 84.9 Å². The van der Waals surface area contributed by atoms with Crippen LogP contribution in [-0.4, -0.2) is 46.4 Å². The van der Waals surface area contributed by atoms with Crippen molar-refractivity contribution in [2.45, 2.75) is 31.2 Å². The van der Waals surface area contributed by atoms with Crippen LogP contribution in [0.1, 0.15) is 30.5 Å². The number of aryl methyl sites for hydroxylation is 1. The minimum absolute atomic E-state index is 0.103. The van der Waals surface area contributed by atoms with E-state index in [1.807, 2.05) is 32.0 Å². The Morgan fingerprint density at radius 2 is 1.76 bits per heavy atom. The van der Waals surface area contributed by atoms with Crippen molar-refractivity contribution >= 4 is 15.9 Å². The number of rotatable bonds is 9. The first kappa shape index (κ1) is 22.7. The van der Waals surface area contributed by atoms with Crippen molar-refractivity contribution in [1.82, 2.24) is 9.62 Å². The Kier molecular flexibility index (Phi) is 7.64. The van der Waals surface area contributed by atoms with Crippen molar-refractivity contribution in [3.63, 3.8) is 0 Å². The molecule has 0 heterocycles. The molecule has 0 aliphatic heterocycles. The van der Waals surface area contributed by atoms with Gasteiger partial charge < -0.3 is 14.8 Å². The maximum absolute atomic E-state index is 12.7. The predicted molar refractivity (Wildman–Crippen MR) is 112 cm³/mol. The van der Waals surface area contributed by atoms with E-state index in [0.29, 0.717) is 12.2 Å². The van der Waals surface area contributed by atoms with Crippen LogP contribution < -0.4 is 14.8 Å². The summed E-state index contributed by atoms with van der Waals surface area (Å²) in [5.41, 5.74) is 1.91. The van der Waals surface area contributed by atoms with Crippen molar-refractivity contribution in [1.29, 1.82) is 0 Å². The summed E-state index contributed by atoms with van der Waals surface area (Å²) in [5, 5.41) is 2.91. The van der Waals surface area contributed by atoms with Gasteiger partial charge >= 0.3 is 0 Å². The average molecular weight is 421 g/mol. The molecule has 0 aliphatic rings. The molecular formula is C21H28N2O5S. The van der Waals surface area contributed by atoms with Gasteiger partial charge in [0, 0.05) is 7.05 Å². The van der Waals surface area contributed by atoms with E-state index in [2.05, 4.69) is 5.32 Å². The van der Waals surface area contributed by atoms with Gasteiger partial charge in [0.1, 0.15) is 11.5 Å². The molecule has 0 saturated carbocycles. The number of amides is 1. The Labute approximate surface area is 172 Å². The van der Waals surface area contributed by atoms with E-state index in [0.717, 1.165) is 21.2 Å². The highest BCUT2D eigenvalue weighted by atomic mass is 32.2. The summed E-state index contributed by atoms with van der Waals surface area (Å²) >= 11 is 0. The van der Waals surface area contributed by atoms with E-state index >= 15 is 0 Å². The summed E-state index contributed by atoms with van der Waals surface area (Å²) in [6, 6.07) is 11.6. The lowest BCUT2D eigenvalue weighted by Crippen LogP contribution is -2.39. The third-order valence-corrected chi connectivity index (χ3v) is 6.52. The van der Waals surface area contributed by atoms with Crippen LogP contribution in [0.25, 0.3) is 0 Å². The lowest BCUT2D eigenvalue weighted by molar-refractivity contribution is -0.121. The number of nitrogens with one attached hydrogen (secondary N) is 1. The maximum Gasteiger partial charge on any atom is 0.243 e. The van der Waals surface area contributed by atoms with E-state index in [4.69, 9.17) is 9.47 Å². The summed E-state index contributed by atoms with van der Waals surface area (Å²) in [6.45, 7) is 3.62. The molecular weight excluding hydrogens is 392 g/mol. The fourth-order valence-corrected chi connectivity index (χ4v) is 4.12. The van der Waals surface area contributed by atoms with Crippen LogP contribution in [0.5, 0.6) is 11.5 Å². The van der Waals surface area contributed by atoms with Gasteiger partial charge in [-0.05, 0) is 54.8 Å². The molecule has 29 heavy (non-hydrogen) atoms. The van der Waals surface area contributed by atoms with E-state index in [1.54, 1.807) is 19.2 Å². The first-order chi connectivity index (χ1) is 13.7. The predicted octanol–water partition coefficient (Wildman–Crippen LogP) is 2.90. The summed E-state index contributed by atoms with van der Waals surface area (Å²) in [5.74, 6) is 0.968. The standard InChI is InChI=1S/C21H28N2O5S/c1-6-19(16-7-12-20(28-5)15(2)13-16)22-21(24)14-23(3)29(25,26)18-10-8-17(27-4)9-11-18/h7-13,19H,6,14H2,1-5H3,(H,22,24)/t19-/m1/s1. The third-order valence-electron chi connectivity index (χ3n) is 4.70. The molecule has 0 unspecified atom stereocenters. The molecule has 0 spiro atoms. The van der Waals surface area contributed by atoms with Gasteiger partial charge in [0.15, 0.2) is 0 Å². The molecule has 1 atom stereocenters. The van der Waals surface area contributed by atoms with E-state index < -0.39 is 10.0 Å². The maximum atomic E-state index is 12.7. The molecule has 2 rings (SSSR count). The van der Waals surface area contributed by atoms with Crippen molar-refractivity contribution in [3.05, 3.63) is 53.6 Å². The Morgan fingerprint density at radius 1 is 1.10 bits per heavy atom. The molecule has 0 radical (unpaired) electrons. The van der Waals surface area contributed by atoms with Crippen LogP contribution >= 0.6 is 0 Å². The SMILES string of the molecule is CC[C@@H](NC(=O)CN(C)S(=O)(=O)c1ccc(OC)cc1)c1ccc(OC)c(C)c1. The van der Waals surface area contributed by atoms with Gasteiger partial charge in [-0.25, -0.2) is 8.42 Å². The van der Waals surface area contributed by atoms with Crippen LogP contribution in [0.3, 0.4) is 0 Å². The smallest absolute Gasteiger partial charge is 0.243 e. The first-order valence-electron chi connectivity index (χ1n) is 9.27. The fourth-order valence-electron chi connectivity index (χ4n) is 2.99. The molecule has 0 saturated heterocycles. The minimum atomic E-state index is -3.78. The van der Waals surface area contributed by atoms with Gasteiger partial charge in [-0.15, -0.1) is 0 Å². The molecule has 7 nitrogen and oxygen atoms in total. The number of benzene rings is 2. The number of hydrogen-bond donors (Lipinski definition) is 1. The zero-order valence-electron chi connectivity index (χ0n) is 17.4. The molecule has 8 heteroatoms. The quantitative estimate of drug-likeness (QED) is 0.674. The second kappa shape index (κ2) is 9.76. The van der Waals surface area contributed by atoms with Crippen LogP contribution in [0, 0.1) is 6.92 Å². The molecule has 1 amide bonds. The number of methoxy groups -OCH3 is 2. The third kappa shape index (κ3) is 5.48. The van der Waals surface area contributed by atoms with E-state index in [-0.39, 0.29) is 23.4 Å². The van der Waals surface area contributed by atoms with Gasteiger partial charge in [0.05, 0.1) is 31.7 Å². The number of nitrogens with zero attached hydrogens (tertiary/aromatic N) is 1. The molecule has 0 fully saturated rings. The highest BCUT2D eigenvalue weighted by Gasteiger charge is 2.24. The second-order valence-corrected chi connectivity index (χ2v) is 8.74. The molecule has 158 valence electrons. The number of sulfonamides is 1. The van der Waals surface area contributed by atoms with Gasteiger partial charge in [-0.3, -0.25) is 4.79 Å². The monoisotopic (exact) mass is 420 g/mol. The lowest BCUT2D eigenvalue weighted by atomic mass is 10.0. The molecule has 0 aliphatic carbocycles. The van der Waals surface area contributed by atoms with Crippen LogP contribution in [-0.2, 0) is 14.8 Å². The minimum Gasteiger partial charge on any atom is -0.497 e. The second-order valence-electron chi connectivity index (χ2n) is 6.69. The van der Waals surface area contributed by atoms with Crippen LogP contribution in [0.2, 0.25) is 0 Å². The number of carbonyl (C=O) groups excluding carboxylic acids is 1. The summed E-state index contributed by atoms with van der Waals surface area (Å²) in [7, 11) is 0.725. The molecule has 2 aromatic carbocycles. The highest BCUT2D eigenvalue weighted by molar-refractivity contribution is 7.89. The zero-order chi connectivity index (χ0) is 21.6. The Hall–Kier alpha value is -2.58. The number of carbonyl (C=O) groups is 1. The van der Waals surface area contributed by atoms with E-state index in [9.17, 15) is 13.2 Å². The molecule has 1 N–H and O–H groups in total. The van der Waals surface area contributed by atoms with E-state index in [1.165, 1.54) is 26.3 Å². The summed E-state index contributed by atoms with van der Waals surface area (Å²) in [4.78, 5) is 12.6. The Bertz CT molecular complexity index is 942. The highest BCUT2D eigenvalue weighted by Crippen LogP contribution is 2.24. The number of likely N-dealkylation sites (N-methyl/N-ethyl adjacent to an activating group) is 1. The van der Waals surface area contributed by atoms with Gasteiger partial charge in [-0.1, -0.05) is 19.1 Å². The summed E-state index contributed by atoms with van der Waals surface area (Å²) < 4.78 is 36.8.